The van der Waals surface area contributed by atoms with E-state index >= 15 is 0 Å². The van der Waals surface area contributed by atoms with Gasteiger partial charge >= 0.3 is 0 Å². The third kappa shape index (κ3) is 5.77. The number of benzene rings is 1. The molecule has 0 saturated heterocycles. The van der Waals surface area contributed by atoms with Crippen LogP contribution < -0.4 is 5.32 Å². The molecule has 1 aliphatic rings. The zero-order valence-electron chi connectivity index (χ0n) is 16.3. The van der Waals surface area contributed by atoms with Gasteiger partial charge in [-0.25, -0.2) is 0 Å². The van der Waals surface area contributed by atoms with Gasteiger partial charge in [0.2, 0.25) is 6.29 Å². The lowest BCUT2D eigenvalue weighted by Gasteiger charge is -2.37. The zero-order valence-corrected chi connectivity index (χ0v) is 18.4. The molecule has 0 spiro atoms. The lowest BCUT2D eigenvalue weighted by molar-refractivity contribution is -0.165. The van der Waals surface area contributed by atoms with Gasteiger partial charge < -0.3 is 19.9 Å². The Labute approximate surface area is 184 Å². The number of hydrogen-bond donors (Lipinski definition) is 2. The topological polar surface area (TPSA) is 80.7 Å². The summed E-state index contributed by atoms with van der Waals surface area (Å²) in [5, 5.41) is 12.2. The Balaban J connectivity index is 1.92. The van der Waals surface area contributed by atoms with Crippen LogP contribution in [0.2, 0.25) is 0 Å². The quantitative estimate of drug-likeness (QED) is 0.526. The van der Waals surface area contributed by atoms with Gasteiger partial charge in [-0.05, 0) is 78.3 Å². The van der Waals surface area contributed by atoms with Crippen LogP contribution in [0.15, 0.2) is 60.6 Å². The minimum Gasteiger partial charge on any atom is -0.459 e. The van der Waals surface area contributed by atoms with Crippen molar-refractivity contribution >= 4 is 34.2 Å². The number of carbonyl (C=O) groups excluding carboxylic acids is 1. The van der Waals surface area contributed by atoms with E-state index < -0.39 is 6.29 Å². The second kappa shape index (κ2) is 10.7. The highest BCUT2D eigenvalue weighted by molar-refractivity contribution is 14.1. The van der Waals surface area contributed by atoms with Gasteiger partial charge in [0.25, 0.3) is 5.91 Å². The fraction of sp³-hybridized carbons (Fsp3) is 0.364. The molecule has 2 heterocycles. The molecule has 0 aliphatic carbocycles. The molecular weight excluding hydrogens is 483 g/mol. The van der Waals surface area contributed by atoms with Gasteiger partial charge in [0.1, 0.15) is 0 Å². The van der Waals surface area contributed by atoms with E-state index in [4.69, 9.17) is 9.47 Å². The van der Waals surface area contributed by atoms with Crippen molar-refractivity contribution in [2.45, 2.75) is 32.0 Å². The first-order valence-electron chi connectivity index (χ1n) is 9.70. The van der Waals surface area contributed by atoms with Gasteiger partial charge in [-0.2, -0.15) is 0 Å². The van der Waals surface area contributed by atoms with Crippen LogP contribution in [-0.2, 0) is 14.3 Å². The summed E-state index contributed by atoms with van der Waals surface area (Å²) in [7, 11) is 0. The lowest BCUT2D eigenvalue weighted by atomic mass is 9.80. The van der Waals surface area contributed by atoms with Crippen molar-refractivity contribution in [3.05, 3.63) is 69.8 Å². The number of ether oxygens (including phenoxy) is 2. The molecule has 0 saturated carbocycles. The van der Waals surface area contributed by atoms with Crippen LogP contribution in [0.1, 0.15) is 31.2 Å². The van der Waals surface area contributed by atoms with Crippen LogP contribution in [0.25, 0.3) is 0 Å². The Morgan fingerprint density at radius 1 is 1.31 bits per heavy atom. The summed E-state index contributed by atoms with van der Waals surface area (Å²) < 4.78 is 13.0. The third-order valence-electron chi connectivity index (χ3n) is 4.81. The van der Waals surface area contributed by atoms with Crippen LogP contribution in [0.3, 0.4) is 0 Å². The van der Waals surface area contributed by atoms with E-state index in [-0.39, 0.29) is 30.1 Å². The summed E-state index contributed by atoms with van der Waals surface area (Å²) in [6.45, 7) is 2.48. The summed E-state index contributed by atoms with van der Waals surface area (Å²) in [5.74, 6) is -0.162. The third-order valence-corrected chi connectivity index (χ3v) is 5.53. The summed E-state index contributed by atoms with van der Waals surface area (Å²) >= 11 is 2.27. The SMILES string of the molecule is CCO[C@H]1OC(C(=O)Nc2cccnc2)=C[C@@H](c2ccc(I)cc2)[C@H]1CCCO. The average Bonchev–Trinajstić information content (AvgIpc) is 2.74. The summed E-state index contributed by atoms with van der Waals surface area (Å²) in [5.41, 5.74) is 1.69. The Kier molecular flexibility index (Phi) is 8.02. The van der Waals surface area contributed by atoms with E-state index in [1.165, 1.54) is 0 Å². The van der Waals surface area contributed by atoms with Crippen LogP contribution in [0, 0.1) is 9.49 Å². The maximum Gasteiger partial charge on any atom is 0.290 e. The fourth-order valence-electron chi connectivity index (χ4n) is 3.46. The maximum absolute atomic E-state index is 12.8. The first kappa shape index (κ1) is 21.7. The molecule has 0 bridgehead atoms. The number of aliphatic hydroxyl groups excluding tert-OH is 1. The van der Waals surface area contributed by atoms with E-state index in [9.17, 15) is 9.90 Å². The summed E-state index contributed by atoms with van der Waals surface area (Å²) in [6.07, 6.45) is 5.91. The van der Waals surface area contributed by atoms with E-state index in [0.29, 0.717) is 18.7 Å². The smallest absolute Gasteiger partial charge is 0.290 e. The minimum atomic E-state index is -0.560. The maximum atomic E-state index is 12.8. The van der Waals surface area contributed by atoms with Crippen molar-refractivity contribution in [3.63, 3.8) is 0 Å². The number of rotatable bonds is 8. The molecular formula is C22H25IN2O4. The lowest BCUT2D eigenvalue weighted by Crippen LogP contribution is -2.37. The van der Waals surface area contributed by atoms with E-state index in [1.54, 1.807) is 24.5 Å². The summed E-state index contributed by atoms with van der Waals surface area (Å²) in [4.78, 5) is 16.9. The Bertz CT molecular complexity index is 826. The fourth-order valence-corrected chi connectivity index (χ4v) is 3.82. The van der Waals surface area contributed by atoms with Gasteiger partial charge in [0.05, 0.1) is 11.9 Å². The molecule has 3 rings (SSSR count). The molecule has 0 fully saturated rings. The number of carbonyl (C=O) groups is 1. The van der Waals surface area contributed by atoms with Gasteiger partial charge in [-0.15, -0.1) is 0 Å². The Hall–Kier alpha value is -1.97. The number of pyridine rings is 1. The van der Waals surface area contributed by atoms with Gasteiger partial charge in [-0.1, -0.05) is 12.1 Å². The highest BCUT2D eigenvalue weighted by atomic mass is 127. The predicted octanol–water partition coefficient (Wildman–Crippen LogP) is 4.07. The molecule has 154 valence electrons. The second-order valence-corrected chi connectivity index (χ2v) is 8.02. The number of anilines is 1. The zero-order chi connectivity index (χ0) is 20.6. The standard InChI is InChI=1S/C22H25IN2O4/c1-2-28-22-18(6-4-12-26)19(15-7-9-16(23)10-8-15)13-20(29-22)21(27)25-17-5-3-11-24-14-17/h3,5,7-11,13-14,18-19,22,26H,2,4,6,12H2,1H3,(H,25,27)/t18-,19+,22+/m1/s1. The molecule has 7 heteroatoms. The van der Waals surface area contributed by atoms with Crippen molar-refractivity contribution < 1.29 is 19.4 Å². The van der Waals surface area contributed by atoms with Gasteiger partial charge in [-0.3, -0.25) is 9.78 Å². The number of hydrogen-bond acceptors (Lipinski definition) is 5. The number of amides is 1. The molecule has 3 atom stereocenters. The van der Waals surface area contributed by atoms with Crippen molar-refractivity contribution in [1.29, 1.82) is 0 Å². The van der Waals surface area contributed by atoms with Gasteiger partial charge in [0.15, 0.2) is 5.76 Å². The molecule has 6 nitrogen and oxygen atoms in total. The van der Waals surface area contributed by atoms with Crippen molar-refractivity contribution in [3.8, 4) is 0 Å². The van der Waals surface area contributed by atoms with Crippen LogP contribution in [-0.4, -0.2) is 35.5 Å². The van der Waals surface area contributed by atoms with Crippen molar-refractivity contribution in [1.82, 2.24) is 4.98 Å². The molecule has 1 aromatic heterocycles. The molecule has 2 N–H and O–H groups in total. The largest absolute Gasteiger partial charge is 0.459 e. The summed E-state index contributed by atoms with van der Waals surface area (Å²) in [6, 6.07) is 11.8. The van der Waals surface area contributed by atoms with E-state index in [2.05, 4.69) is 45.0 Å². The first-order valence-corrected chi connectivity index (χ1v) is 10.8. The highest BCUT2D eigenvalue weighted by Gasteiger charge is 2.37. The normalized spacial score (nSPS) is 21.2. The molecule has 0 unspecified atom stereocenters. The van der Waals surface area contributed by atoms with Crippen LogP contribution in [0.5, 0.6) is 0 Å². The number of aliphatic hydroxyl groups is 1. The minimum absolute atomic E-state index is 0.00268. The molecule has 1 aliphatic heterocycles. The number of allylic oxidation sites excluding steroid dienone is 1. The second-order valence-electron chi connectivity index (χ2n) is 6.78. The van der Waals surface area contributed by atoms with Crippen molar-refractivity contribution in [2.75, 3.05) is 18.5 Å². The van der Waals surface area contributed by atoms with Crippen LogP contribution >= 0.6 is 22.6 Å². The molecule has 1 aromatic carbocycles. The van der Waals surface area contributed by atoms with E-state index in [1.807, 2.05) is 25.1 Å². The first-order chi connectivity index (χ1) is 14.1. The molecule has 0 radical (unpaired) electrons. The molecule has 29 heavy (non-hydrogen) atoms. The van der Waals surface area contributed by atoms with Crippen LogP contribution in [0.4, 0.5) is 5.69 Å². The van der Waals surface area contributed by atoms with E-state index in [0.717, 1.165) is 15.6 Å². The predicted molar refractivity (Wildman–Crippen MR) is 119 cm³/mol. The average molecular weight is 508 g/mol. The Morgan fingerprint density at radius 2 is 2.10 bits per heavy atom. The number of halogens is 1. The number of nitrogens with one attached hydrogen (secondary N) is 1. The number of aromatic nitrogens is 1. The molecule has 1 amide bonds. The van der Waals surface area contributed by atoms with Crippen molar-refractivity contribution in [2.24, 2.45) is 5.92 Å². The monoisotopic (exact) mass is 508 g/mol. The molecule has 2 aromatic rings. The number of nitrogens with zero attached hydrogens (tertiary/aromatic N) is 1. The highest BCUT2D eigenvalue weighted by Crippen LogP contribution is 2.39. The van der Waals surface area contributed by atoms with Gasteiger partial charge in [0, 0.05) is 34.8 Å². The Morgan fingerprint density at radius 3 is 2.76 bits per heavy atom.